The van der Waals surface area contributed by atoms with Crippen LogP contribution in [0.15, 0.2) is 30.5 Å². The van der Waals surface area contributed by atoms with Gasteiger partial charge in [0, 0.05) is 30.1 Å². The lowest BCUT2D eigenvalue weighted by Gasteiger charge is -2.25. The van der Waals surface area contributed by atoms with Crippen LogP contribution in [0, 0.1) is 0 Å². The van der Waals surface area contributed by atoms with Crippen LogP contribution in [0.4, 0.5) is 5.82 Å². The third-order valence-corrected chi connectivity index (χ3v) is 5.31. The fraction of sp³-hybridized carbons (Fsp3) is 0.316. The van der Waals surface area contributed by atoms with E-state index in [9.17, 15) is 4.79 Å². The van der Waals surface area contributed by atoms with E-state index in [0.29, 0.717) is 46.2 Å². The minimum absolute atomic E-state index is 0.0679. The van der Waals surface area contributed by atoms with E-state index in [0.717, 1.165) is 11.1 Å². The van der Waals surface area contributed by atoms with Gasteiger partial charge in [-0.3, -0.25) is 4.79 Å². The average molecular weight is 426 g/mol. The van der Waals surface area contributed by atoms with Crippen molar-refractivity contribution in [3.05, 3.63) is 56.9 Å². The van der Waals surface area contributed by atoms with Crippen LogP contribution in [0.3, 0.4) is 0 Å². The highest BCUT2D eigenvalue weighted by Gasteiger charge is 2.18. The quantitative estimate of drug-likeness (QED) is 0.727. The van der Waals surface area contributed by atoms with Gasteiger partial charge in [0.15, 0.2) is 5.82 Å². The molecule has 1 aliphatic heterocycles. The van der Waals surface area contributed by atoms with E-state index in [4.69, 9.17) is 34.8 Å². The summed E-state index contributed by atoms with van der Waals surface area (Å²) >= 11 is 18.5. The molecular weight excluding hydrogens is 407 g/mol. The van der Waals surface area contributed by atoms with Crippen LogP contribution in [-0.2, 0) is 4.79 Å². The Kier molecular flexibility index (Phi) is 6.25. The molecule has 0 saturated heterocycles. The number of hydrogen-bond acceptors (Lipinski definition) is 4. The summed E-state index contributed by atoms with van der Waals surface area (Å²) in [6.45, 7) is 4.77. The molecule has 5 nitrogen and oxygen atoms in total. The van der Waals surface area contributed by atoms with Gasteiger partial charge in [0.1, 0.15) is 10.8 Å². The average Bonchev–Trinajstić information content (AvgIpc) is 2.63. The maximum atomic E-state index is 11.5. The molecule has 1 aromatic heterocycles. The van der Waals surface area contributed by atoms with Gasteiger partial charge in [-0.15, -0.1) is 0 Å². The van der Waals surface area contributed by atoms with Crippen LogP contribution in [0.25, 0.3) is 5.57 Å². The van der Waals surface area contributed by atoms with Crippen LogP contribution >= 0.6 is 34.8 Å². The van der Waals surface area contributed by atoms with Crippen molar-refractivity contribution in [2.24, 2.45) is 0 Å². The number of rotatable bonds is 4. The molecule has 8 heteroatoms. The van der Waals surface area contributed by atoms with Crippen LogP contribution in [0.2, 0.25) is 15.1 Å². The molecule has 27 heavy (non-hydrogen) atoms. The van der Waals surface area contributed by atoms with Gasteiger partial charge < -0.3 is 10.2 Å². The number of halogens is 3. The number of benzene rings is 1. The summed E-state index contributed by atoms with van der Waals surface area (Å²) in [5.41, 5.74) is 1.90. The molecule has 1 amide bonds. The zero-order valence-corrected chi connectivity index (χ0v) is 17.2. The van der Waals surface area contributed by atoms with Crippen molar-refractivity contribution in [3.63, 3.8) is 0 Å². The van der Waals surface area contributed by atoms with Crippen molar-refractivity contribution in [1.82, 2.24) is 14.9 Å². The molecule has 0 unspecified atom stereocenters. The Morgan fingerprint density at radius 1 is 1.26 bits per heavy atom. The number of amides is 1. The summed E-state index contributed by atoms with van der Waals surface area (Å²) in [5, 5.41) is 4.88. The first-order chi connectivity index (χ1) is 12.8. The van der Waals surface area contributed by atoms with Crippen molar-refractivity contribution >= 4 is 52.1 Å². The van der Waals surface area contributed by atoms with Crippen molar-refractivity contribution in [3.8, 4) is 0 Å². The van der Waals surface area contributed by atoms with E-state index in [1.54, 1.807) is 30.2 Å². The van der Waals surface area contributed by atoms with Crippen molar-refractivity contribution in [2.45, 2.75) is 26.3 Å². The third kappa shape index (κ3) is 4.72. The highest BCUT2D eigenvalue weighted by atomic mass is 35.5. The second kappa shape index (κ2) is 8.46. The van der Waals surface area contributed by atoms with Gasteiger partial charge in [0.2, 0.25) is 5.91 Å². The first kappa shape index (κ1) is 19.9. The predicted octanol–water partition coefficient (Wildman–Crippen LogP) is 5.25. The highest BCUT2D eigenvalue weighted by Crippen LogP contribution is 2.31. The van der Waals surface area contributed by atoms with Gasteiger partial charge >= 0.3 is 0 Å². The van der Waals surface area contributed by atoms with E-state index in [1.165, 1.54) is 0 Å². The van der Waals surface area contributed by atoms with E-state index in [1.807, 2.05) is 19.1 Å². The second-order valence-corrected chi connectivity index (χ2v) is 7.62. The number of aromatic nitrogens is 2. The van der Waals surface area contributed by atoms with Gasteiger partial charge in [-0.1, -0.05) is 46.9 Å². The fourth-order valence-corrected chi connectivity index (χ4v) is 3.63. The predicted molar refractivity (Wildman–Crippen MR) is 110 cm³/mol. The monoisotopic (exact) mass is 424 g/mol. The van der Waals surface area contributed by atoms with Gasteiger partial charge in [0.05, 0.1) is 12.2 Å². The lowest BCUT2D eigenvalue weighted by molar-refractivity contribution is -0.128. The maximum absolute atomic E-state index is 11.5. The lowest BCUT2D eigenvalue weighted by Crippen LogP contribution is -2.32. The van der Waals surface area contributed by atoms with Crippen LogP contribution < -0.4 is 5.32 Å². The van der Waals surface area contributed by atoms with Crippen molar-refractivity contribution in [1.29, 1.82) is 0 Å². The van der Waals surface area contributed by atoms with Gasteiger partial charge in [-0.2, -0.15) is 0 Å². The fourth-order valence-electron chi connectivity index (χ4n) is 2.92. The molecule has 0 saturated carbocycles. The molecule has 0 spiro atoms. The molecule has 1 N–H and O–H groups in total. The number of carbonyl (C=O) groups excluding carboxylic acids is 1. The zero-order chi connectivity index (χ0) is 19.6. The van der Waals surface area contributed by atoms with Gasteiger partial charge in [-0.25, -0.2) is 9.97 Å². The minimum Gasteiger partial charge on any atom is -0.362 e. The number of hydrogen-bond donors (Lipinski definition) is 1. The molecule has 2 aromatic rings. The van der Waals surface area contributed by atoms with Gasteiger partial charge in [-0.05, 0) is 36.6 Å². The Labute approximate surface area is 173 Å². The van der Waals surface area contributed by atoms with E-state index < -0.39 is 0 Å². The Bertz CT molecular complexity index is 901. The Morgan fingerprint density at radius 2 is 2.04 bits per heavy atom. The van der Waals surface area contributed by atoms with Crippen LogP contribution in [0.1, 0.15) is 37.7 Å². The molecule has 0 radical (unpaired) electrons. The maximum Gasteiger partial charge on any atom is 0.219 e. The first-order valence-electron chi connectivity index (χ1n) is 8.54. The SMILES string of the molecule is CC(=O)N1CC=C(c2ncc(Cl)c(N[C@H](C)c3ccc(Cl)cc3Cl)n2)CC1. The summed E-state index contributed by atoms with van der Waals surface area (Å²) in [5.74, 6) is 1.22. The normalized spacial score (nSPS) is 15.3. The minimum atomic E-state index is -0.122. The zero-order valence-electron chi connectivity index (χ0n) is 15.0. The number of nitrogens with one attached hydrogen (secondary N) is 1. The molecule has 3 rings (SSSR count). The molecule has 1 atom stereocenters. The summed E-state index contributed by atoms with van der Waals surface area (Å²) in [7, 11) is 0. The van der Waals surface area contributed by atoms with Gasteiger partial charge in [0.25, 0.3) is 0 Å². The molecule has 1 aliphatic rings. The Balaban J connectivity index is 1.80. The summed E-state index contributed by atoms with van der Waals surface area (Å²) < 4.78 is 0. The molecule has 0 aliphatic carbocycles. The molecule has 0 bridgehead atoms. The number of carbonyl (C=O) groups is 1. The second-order valence-electron chi connectivity index (χ2n) is 6.37. The molecule has 2 heterocycles. The van der Waals surface area contributed by atoms with E-state index in [-0.39, 0.29) is 11.9 Å². The van der Waals surface area contributed by atoms with E-state index in [2.05, 4.69) is 15.3 Å². The molecule has 1 aromatic carbocycles. The third-order valence-electron chi connectivity index (χ3n) is 4.47. The first-order valence-corrected chi connectivity index (χ1v) is 9.67. The summed E-state index contributed by atoms with van der Waals surface area (Å²) in [4.78, 5) is 22.2. The standard InChI is InChI=1S/C19H19Cl3N4O/c1-11(15-4-3-14(20)9-16(15)21)24-19-17(22)10-23-18(25-19)13-5-7-26(8-6-13)12(2)27/h3-5,9-11H,6-8H2,1-2H3,(H,23,24,25)/t11-/m1/s1. The summed E-state index contributed by atoms with van der Waals surface area (Å²) in [6.07, 6.45) is 4.28. The van der Waals surface area contributed by atoms with Crippen molar-refractivity contribution < 1.29 is 4.79 Å². The molecule has 0 fully saturated rings. The Hall–Kier alpha value is -1.82. The highest BCUT2D eigenvalue weighted by molar-refractivity contribution is 6.35. The van der Waals surface area contributed by atoms with E-state index >= 15 is 0 Å². The topological polar surface area (TPSA) is 58.1 Å². The summed E-state index contributed by atoms with van der Waals surface area (Å²) in [6, 6.07) is 5.25. The number of anilines is 1. The largest absolute Gasteiger partial charge is 0.362 e. The van der Waals surface area contributed by atoms with Crippen LogP contribution in [-0.4, -0.2) is 33.9 Å². The molecule has 142 valence electrons. The van der Waals surface area contributed by atoms with Crippen LogP contribution in [0.5, 0.6) is 0 Å². The molecular formula is C19H19Cl3N4O. The smallest absolute Gasteiger partial charge is 0.219 e. The Morgan fingerprint density at radius 3 is 2.67 bits per heavy atom. The number of nitrogens with zero attached hydrogens (tertiary/aromatic N) is 3. The van der Waals surface area contributed by atoms with Crippen molar-refractivity contribution in [2.75, 3.05) is 18.4 Å². The lowest BCUT2D eigenvalue weighted by atomic mass is 10.1.